The Balaban J connectivity index is 1.54. The molecule has 2 N–H and O–H groups in total. The van der Waals surface area contributed by atoms with E-state index in [-0.39, 0.29) is 5.70 Å². The van der Waals surface area contributed by atoms with Crippen LogP contribution < -0.4 is 20.1 Å². The van der Waals surface area contributed by atoms with E-state index < -0.39 is 24.4 Å². The first-order chi connectivity index (χ1) is 19.3. The molecule has 206 valence electrons. The Morgan fingerprint density at radius 3 is 2.58 bits per heavy atom. The number of carbonyl (C=O) groups excluding carboxylic acids is 3. The minimum absolute atomic E-state index is 0.0511. The van der Waals surface area contributed by atoms with E-state index in [1.165, 1.54) is 0 Å². The highest BCUT2D eigenvalue weighted by atomic mass is 35.5. The average Bonchev–Trinajstić information content (AvgIpc) is 3.16. The van der Waals surface area contributed by atoms with Gasteiger partial charge in [0.25, 0.3) is 5.91 Å². The number of rotatable bonds is 11. The number of nitrogens with one attached hydrogen (secondary N) is 2. The Morgan fingerprint density at radius 2 is 1.88 bits per heavy atom. The van der Waals surface area contributed by atoms with E-state index in [9.17, 15) is 14.4 Å². The van der Waals surface area contributed by atoms with Gasteiger partial charge in [-0.05, 0) is 79.4 Å². The molecule has 0 aromatic heterocycles. The maximum Gasteiger partial charge on any atom is 0.329 e. The summed E-state index contributed by atoms with van der Waals surface area (Å²) in [6.07, 6.45) is 3.78. The molecule has 0 bridgehead atoms. The second-order valence-corrected chi connectivity index (χ2v) is 9.58. The van der Waals surface area contributed by atoms with Gasteiger partial charge in [0.05, 0.1) is 6.61 Å². The summed E-state index contributed by atoms with van der Waals surface area (Å²) in [6, 6.07) is 17.5. The molecule has 0 radical (unpaired) electrons. The summed E-state index contributed by atoms with van der Waals surface area (Å²) in [5.74, 6) is -0.0240. The van der Waals surface area contributed by atoms with Gasteiger partial charge >= 0.3 is 6.03 Å². The van der Waals surface area contributed by atoms with Crippen molar-refractivity contribution >= 4 is 41.2 Å². The van der Waals surface area contributed by atoms with Crippen molar-refractivity contribution in [3.8, 4) is 11.5 Å². The molecule has 1 saturated heterocycles. The highest BCUT2D eigenvalue weighted by Gasteiger charge is 2.35. The van der Waals surface area contributed by atoms with Crippen molar-refractivity contribution in [2.45, 2.75) is 26.9 Å². The third-order valence-electron chi connectivity index (χ3n) is 5.99. The first kappa shape index (κ1) is 28.4. The summed E-state index contributed by atoms with van der Waals surface area (Å²) < 4.78 is 12.0. The maximum atomic E-state index is 13.0. The van der Waals surface area contributed by atoms with Crippen molar-refractivity contribution in [2.75, 3.05) is 18.5 Å². The van der Waals surface area contributed by atoms with Gasteiger partial charge in [-0.15, -0.1) is 6.58 Å². The van der Waals surface area contributed by atoms with Crippen molar-refractivity contribution < 1.29 is 23.9 Å². The zero-order valence-corrected chi connectivity index (χ0v) is 23.1. The van der Waals surface area contributed by atoms with E-state index >= 15 is 0 Å². The number of anilines is 1. The van der Waals surface area contributed by atoms with Crippen molar-refractivity contribution in [3.63, 3.8) is 0 Å². The molecule has 0 atom stereocenters. The average molecular weight is 560 g/mol. The van der Waals surface area contributed by atoms with Crippen LogP contribution in [0, 0.1) is 6.92 Å². The predicted molar refractivity (Wildman–Crippen MR) is 155 cm³/mol. The number of nitrogens with zero attached hydrogens (tertiary/aromatic N) is 1. The topological polar surface area (TPSA) is 97.0 Å². The van der Waals surface area contributed by atoms with E-state index in [1.807, 2.05) is 44.2 Å². The number of halogens is 1. The molecular weight excluding hydrogens is 530 g/mol. The van der Waals surface area contributed by atoms with Gasteiger partial charge in [0.1, 0.15) is 18.8 Å². The fraction of sp³-hybridized carbons (Fsp3) is 0.194. The van der Waals surface area contributed by atoms with Crippen molar-refractivity contribution in [2.24, 2.45) is 0 Å². The molecule has 1 heterocycles. The van der Waals surface area contributed by atoms with Crippen LogP contribution in [0.25, 0.3) is 6.08 Å². The Labute approximate surface area is 238 Å². The highest BCUT2D eigenvalue weighted by molar-refractivity contribution is 6.30. The predicted octanol–water partition coefficient (Wildman–Crippen LogP) is 5.89. The second-order valence-electron chi connectivity index (χ2n) is 9.15. The van der Waals surface area contributed by atoms with Gasteiger partial charge in [-0.3, -0.25) is 9.59 Å². The first-order valence-electron chi connectivity index (χ1n) is 12.8. The van der Waals surface area contributed by atoms with Crippen LogP contribution in [0.15, 0.2) is 79.0 Å². The van der Waals surface area contributed by atoms with Crippen LogP contribution in [-0.4, -0.2) is 35.9 Å². The van der Waals surface area contributed by atoms with Crippen LogP contribution in [0.4, 0.5) is 10.5 Å². The Morgan fingerprint density at radius 1 is 1.10 bits per heavy atom. The van der Waals surface area contributed by atoms with Crippen LogP contribution >= 0.6 is 11.6 Å². The smallest absolute Gasteiger partial charge is 0.329 e. The molecule has 40 heavy (non-hydrogen) atoms. The van der Waals surface area contributed by atoms with Gasteiger partial charge in [-0.25, -0.2) is 9.69 Å². The largest absolute Gasteiger partial charge is 0.490 e. The molecule has 4 rings (SSSR count). The molecule has 9 heteroatoms. The number of imide groups is 1. The molecule has 1 fully saturated rings. The lowest BCUT2D eigenvalue weighted by Gasteiger charge is -2.17. The number of urea groups is 1. The van der Waals surface area contributed by atoms with Crippen molar-refractivity contribution in [1.29, 1.82) is 0 Å². The number of aryl methyl sites for hydroxylation is 1. The summed E-state index contributed by atoms with van der Waals surface area (Å²) >= 11 is 5.99. The molecule has 3 aromatic rings. The lowest BCUT2D eigenvalue weighted by molar-refractivity contribution is -0.127. The number of hydrogen-bond acceptors (Lipinski definition) is 5. The normalized spacial score (nSPS) is 13.8. The van der Waals surface area contributed by atoms with E-state index in [2.05, 4.69) is 17.2 Å². The molecule has 4 amide bonds. The third-order valence-corrected chi connectivity index (χ3v) is 6.24. The quantitative estimate of drug-likeness (QED) is 0.173. The monoisotopic (exact) mass is 559 g/mol. The Bertz CT molecular complexity index is 1470. The highest BCUT2D eigenvalue weighted by Crippen LogP contribution is 2.35. The number of hydrogen-bond donors (Lipinski definition) is 2. The Kier molecular flexibility index (Phi) is 9.24. The fourth-order valence-electron chi connectivity index (χ4n) is 4.19. The van der Waals surface area contributed by atoms with Crippen LogP contribution in [-0.2, 0) is 22.6 Å². The van der Waals surface area contributed by atoms with Crippen molar-refractivity contribution in [3.05, 3.63) is 106 Å². The van der Waals surface area contributed by atoms with Gasteiger partial charge in [0.15, 0.2) is 11.5 Å². The minimum Gasteiger partial charge on any atom is -0.490 e. The second kappa shape index (κ2) is 13.0. The van der Waals surface area contributed by atoms with E-state index in [1.54, 1.807) is 42.5 Å². The molecule has 8 nitrogen and oxygen atoms in total. The number of amides is 4. The van der Waals surface area contributed by atoms with Crippen LogP contribution in [0.5, 0.6) is 11.5 Å². The third kappa shape index (κ3) is 7.09. The van der Waals surface area contributed by atoms with E-state index in [4.69, 9.17) is 21.1 Å². The molecule has 1 aliphatic rings. The van der Waals surface area contributed by atoms with Gasteiger partial charge in [0.2, 0.25) is 5.91 Å². The fourth-order valence-corrected chi connectivity index (χ4v) is 4.31. The summed E-state index contributed by atoms with van der Waals surface area (Å²) in [6.45, 7) is 7.89. The van der Waals surface area contributed by atoms with E-state index in [0.717, 1.165) is 21.6 Å². The SMILES string of the molecule is C=CCc1cc(/C=C2/NC(=O)N(CC(=O)Nc3cccc(C)c3)C2=O)cc(OCC)c1OCc1ccc(Cl)cc1. The lowest BCUT2D eigenvalue weighted by atomic mass is 10.0. The van der Waals surface area contributed by atoms with Gasteiger partial charge in [0, 0.05) is 16.3 Å². The lowest BCUT2D eigenvalue weighted by Crippen LogP contribution is -2.38. The number of carbonyl (C=O) groups is 3. The molecule has 0 unspecified atom stereocenters. The minimum atomic E-state index is -0.671. The molecule has 0 spiro atoms. The van der Waals surface area contributed by atoms with Gasteiger partial charge in [-0.2, -0.15) is 0 Å². The molecule has 3 aromatic carbocycles. The summed E-state index contributed by atoms with van der Waals surface area (Å²) in [5.41, 5.74) is 3.97. The number of ether oxygens (including phenoxy) is 2. The zero-order valence-electron chi connectivity index (χ0n) is 22.3. The zero-order chi connectivity index (χ0) is 28.6. The van der Waals surface area contributed by atoms with Crippen LogP contribution in [0.1, 0.15) is 29.2 Å². The Hall–Kier alpha value is -4.56. The van der Waals surface area contributed by atoms with Crippen molar-refractivity contribution in [1.82, 2.24) is 10.2 Å². The molecule has 0 aliphatic carbocycles. The van der Waals surface area contributed by atoms with Gasteiger partial charge < -0.3 is 20.1 Å². The summed E-state index contributed by atoms with van der Waals surface area (Å²) in [7, 11) is 0. The van der Waals surface area contributed by atoms with Gasteiger partial charge in [-0.1, -0.05) is 41.9 Å². The van der Waals surface area contributed by atoms with E-state index in [0.29, 0.717) is 47.4 Å². The summed E-state index contributed by atoms with van der Waals surface area (Å²) in [4.78, 5) is 39.0. The first-order valence-corrected chi connectivity index (χ1v) is 13.1. The van der Waals surface area contributed by atoms with Crippen LogP contribution in [0.3, 0.4) is 0 Å². The number of benzene rings is 3. The number of allylic oxidation sites excluding steroid dienone is 1. The molecule has 1 aliphatic heterocycles. The van der Waals surface area contributed by atoms with Crippen LogP contribution in [0.2, 0.25) is 5.02 Å². The summed E-state index contributed by atoms with van der Waals surface area (Å²) in [5, 5.41) is 5.92. The maximum absolute atomic E-state index is 13.0. The standard InChI is InChI=1S/C31H30ClN3O5/c1-4-7-23-15-22(17-27(39-5-2)29(23)40-19-21-10-12-24(32)13-11-21)16-26-30(37)35(31(38)34-26)18-28(36)33-25-9-6-8-20(3)14-25/h4,6,8-17H,1,5,7,18-19H2,2-3H3,(H,33,36)(H,34,38)/b26-16+. The molecular formula is C31H30ClN3O5. The molecule has 0 saturated carbocycles.